The number of aromatic nitrogens is 6. The molecule has 0 aliphatic carbocycles. The Bertz CT molecular complexity index is 3610. The third-order valence-corrected chi connectivity index (χ3v) is 17.5. The smallest absolute Gasteiger partial charge is 0.324 e. The maximum absolute atomic E-state index is 16.7. The first-order chi connectivity index (χ1) is 38.9. The number of benzene rings is 4. The number of pyridine rings is 2. The molecular weight excluding hydrogens is 1040 g/mol. The lowest BCUT2D eigenvalue weighted by Gasteiger charge is -2.34. The number of aromatic hydroxyl groups is 1. The van der Waals surface area contributed by atoms with Crippen molar-refractivity contribution >= 4 is 55.8 Å². The number of piperazine rings is 2. The average molecular weight is 1110 g/mol. The number of hydrogen-bond acceptors (Lipinski definition) is 15. The van der Waals surface area contributed by atoms with Crippen LogP contribution in [-0.2, 0) is 13.0 Å². The summed E-state index contributed by atoms with van der Waals surface area (Å²) in [6.45, 7) is 8.61. The lowest BCUT2D eigenvalue weighted by molar-refractivity contribution is 0.292. The fourth-order valence-electron chi connectivity index (χ4n) is 13.3. The van der Waals surface area contributed by atoms with Crippen LogP contribution in [0.4, 0.5) is 24.8 Å². The highest BCUT2D eigenvalue weighted by Crippen LogP contribution is 2.41. The van der Waals surface area contributed by atoms with E-state index in [9.17, 15) is 9.50 Å². The van der Waals surface area contributed by atoms with Gasteiger partial charge in [0.1, 0.15) is 51.7 Å². The molecule has 414 valence electrons. The van der Waals surface area contributed by atoms with E-state index in [1.165, 1.54) is 31.6 Å². The van der Waals surface area contributed by atoms with Crippen molar-refractivity contribution in [1.29, 1.82) is 0 Å². The molecule has 4 aromatic carbocycles. The lowest BCUT2D eigenvalue weighted by atomic mass is 9.99. The van der Waals surface area contributed by atoms with Gasteiger partial charge in [-0.15, -0.1) is 0 Å². The van der Waals surface area contributed by atoms with Gasteiger partial charge in [0.15, 0.2) is 11.6 Å². The van der Waals surface area contributed by atoms with Crippen molar-refractivity contribution in [2.75, 3.05) is 69.8 Å². The molecule has 15 rings (SSSR count). The molecule has 6 saturated heterocycles. The Morgan fingerprint density at radius 1 is 0.700 bits per heavy atom. The number of methoxy groups -OCH3 is 1. The molecule has 6 unspecified atom stereocenters. The lowest BCUT2D eigenvalue weighted by Crippen LogP contribution is -2.51. The van der Waals surface area contributed by atoms with E-state index in [2.05, 4.69) is 63.3 Å². The zero-order valence-corrected chi connectivity index (χ0v) is 45.9. The Hall–Kier alpha value is -6.96. The molecule has 8 aromatic rings. The summed E-state index contributed by atoms with van der Waals surface area (Å²) in [6.07, 6.45) is 11.6. The zero-order chi connectivity index (χ0) is 54.8. The van der Waals surface area contributed by atoms with Gasteiger partial charge in [0.25, 0.3) is 0 Å². The van der Waals surface area contributed by atoms with Crippen molar-refractivity contribution in [3.8, 4) is 46.0 Å². The Morgan fingerprint density at radius 3 is 1.98 bits per heavy atom. The van der Waals surface area contributed by atoms with Crippen LogP contribution in [0.1, 0.15) is 61.6 Å². The molecule has 80 heavy (non-hydrogen) atoms. The van der Waals surface area contributed by atoms with Crippen LogP contribution < -0.4 is 29.9 Å². The van der Waals surface area contributed by atoms with Crippen LogP contribution in [0.15, 0.2) is 85.2 Å². The number of phenols is 1. The summed E-state index contributed by atoms with van der Waals surface area (Å²) in [4.78, 5) is 36.4. The first-order valence-electron chi connectivity index (χ1n) is 28.0. The van der Waals surface area contributed by atoms with Gasteiger partial charge in [0.05, 0.1) is 17.9 Å². The second kappa shape index (κ2) is 21.8. The van der Waals surface area contributed by atoms with E-state index in [1.807, 2.05) is 61.5 Å². The van der Waals surface area contributed by atoms with E-state index in [1.54, 1.807) is 18.5 Å². The molecule has 0 spiro atoms. The number of nitrogens with zero attached hydrogens (tertiary/aromatic N) is 10. The normalized spacial score (nSPS) is 23.2. The summed E-state index contributed by atoms with van der Waals surface area (Å²) in [5.74, 6) is 0.880. The van der Waals surface area contributed by atoms with E-state index in [4.69, 9.17) is 31.0 Å². The summed E-state index contributed by atoms with van der Waals surface area (Å²) in [5.41, 5.74) is 4.72. The number of likely N-dealkylation sites (N-methyl/N-ethyl adjacent to an activating group) is 1. The number of anilines is 2. The summed E-state index contributed by atoms with van der Waals surface area (Å²) in [7, 11) is 3.58. The second-order valence-corrected chi connectivity index (χ2v) is 22.9. The molecule has 7 aliphatic heterocycles. The highest BCUT2D eigenvalue weighted by molar-refractivity contribution is 6.36. The van der Waals surface area contributed by atoms with Crippen LogP contribution in [0.25, 0.3) is 55.1 Å². The number of alkyl halides is 1. The van der Waals surface area contributed by atoms with Crippen molar-refractivity contribution in [2.24, 2.45) is 0 Å². The van der Waals surface area contributed by atoms with Crippen LogP contribution in [0, 0.1) is 18.6 Å². The molecule has 6 atom stereocenters. The molecule has 0 saturated carbocycles. The van der Waals surface area contributed by atoms with Gasteiger partial charge in [-0.2, -0.15) is 19.9 Å². The minimum Gasteiger partial charge on any atom is -0.507 e. The summed E-state index contributed by atoms with van der Waals surface area (Å²) >= 11 is 6.61. The number of nitrogens with one attached hydrogen (secondary N) is 2. The number of halogens is 4. The molecular formula is C61H64ClF3N12O3. The Balaban J connectivity index is 0.000000137. The van der Waals surface area contributed by atoms with E-state index < -0.39 is 17.8 Å². The minimum absolute atomic E-state index is 0.0179. The van der Waals surface area contributed by atoms with Crippen molar-refractivity contribution in [1.82, 2.24) is 50.3 Å². The molecule has 7 aliphatic rings. The second-order valence-electron chi connectivity index (χ2n) is 22.5. The average Bonchev–Trinajstić information content (AvgIpc) is 4.27. The van der Waals surface area contributed by atoms with Gasteiger partial charge in [-0.05, 0) is 107 Å². The fraction of sp³-hybridized carbons (Fsp3) is 0.410. The maximum atomic E-state index is 16.7. The van der Waals surface area contributed by atoms with Crippen molar-refractivity contribution in [3.63, 3.8) is 0 Å². The van der Waals surface area contributed by atoms with Gasteiger partial charge < -0.3 is 39.9 Å². The minimum atomic E-state index is -0.591. The predicted octanol–water partition coefficient (Wildman–Crippen LogP) is 10.3. The van der Waals surface area contributed by atoms with Crippen LogP contribution in [0.3, 0.4) is 0 Å². The molecule has 3 N–H and O–H groups in total. The largest absolute Gasteiger partial charge is 0.507 e. The number of rotatable bonds is 7. The van der Waals surface area contributed by atoms with Gasteiger partial charge in [0.2, 0.25) is 0 Å². The van der Waals surface area contributed by atoms with Crippen molar-refractivity contribution in [3.05, 3.63) is 119 Å². The van der Waals surface area contributed by atoms with E-state index in [0.29, 0.717) is 81.1 Å². The van der Waals surface area contributed by atoms with Gasteiger partial charge in [0, 0.05) is 116 Å². The third-order valence-electron chi connectivity index (χ3n) is 17.2. The number of hydrogen-bond donors (Lipinski definition) is 3. The van der Waals surface area contributed by atoms with Gasteiger partial charge in [-0.3, -0.25) is 14.9 Å². The third kappa shape index (κ3) is 10.1. The maximum Gasteiger partial charge on any atom is 0.324 e. The molecule has 4 bridgehead atoms. The molecule has 0 amide bonds. The highest BCUT2D eigenvalue weighted by Gasteiger charge is 2.37. The Kier molecular flexibility index (Phi) is 14.3. The topological polar surface area (TPSA) is 153 Å². The standard InChI is InChI=1S/C33H30ClFN6O.C21H22FN5O2.C7H12FN/c1-40-14-13-19-5-4-10-27(25(19)18-40)42-33-38-31-24(32(39-33)41-16-21-11-12-22(17-41)37-21)15-36-30(29(31)35)23-8-2-6-20-7-3-9-26(34)28(20)23;1-11-4-3-5-15(28)16(11)19-17(22)18-14(8-23-19)20(26-21(25-18)29-2)27-9-12-6-7-13(10-27)24-12;8-6-4-7-2-1-3-9(7)5-6/h2-10,15,21-22,37H,11-14,16-18H2,1H3;3-5,8,12-13,24,28H,6-7,9-10H2,1-2H3;6-7H,1-5H2. The number of ether oxygens (including phenoxy) is 2. The first-order valence-corrected chi connectivity index (χ1v) is 28.4. The van der Waals surface area contributed by atoms with Crippen molar-refractivity contribution in [2.45, 2.75) is 101 Å². The summed E-state index contributed by atoms with van der Waals surface area (Å²) in [5, 5.41) is 20.9. The summed E-state index contributed by atoms with van der Waals surface area (Å²) in [6, 6.07) is 25.0. The van der Waals surface area contributed by atoms with Gasteiger partial charge >= 0.3 is 12.0 Å². The molecule has 4 aromatic heterocycles. The van der Waals surface area contributed by atoms with E-state index in [-0.39, 0.29) is 40.2 Å². The SMILES string of the molecule is CN1CCc2cccc(Oc3nc(N4CC5CCC(C4)N5)c4cnc(-c5cccc6cccc(Cl)c56)c(F)c4n3)c2C1.COc1nc(N2CC3CCC(C2)N3)c2cnc(-c3c(C)cccc3O)c(F)c2n1.FC1CC2CCCN2C1. The quantitative estimate of drug-likeness (QED) is 0.139. The number of phenolic OH excluding ortho intramolecular Hbond substituents is 1. The monoisotopic (exact) mass is 1100 g/mol. The molecule has 19 heteroatoms. The molecule has 15 nitrogen and oxygen atoms in total. The summed E-state index contributed by atoms with van der Waals surface area (Å²) < 4.78 is 56.6. The molecule has 11 heterocycles. The zero-order valence-electron chi connectivity index (χ0n) is 45.1. The number of fused-ring (bicyclic) bond motifs is 9. The van der Waals surface area contributed by atoms with Crippen LogP contribution in [0.5, 0.6) is 23.5 Å². The number of aryl methyl sites for hydroxylation is 1. The predicted molar refractivity (Wildman–Crippen MR) is 306 cm³/mol. The first kappa shape index (κ1) is 52.4. The Morgan fingerprint density at radius 2 is 1.31 bits per heavy atom. The van der Waals surface area contributed by atoms with Crippen LogP contribution in [-0.4, -0.2) is 141 Å². The molecule has 0 radical (unpaired) electrons. The Labute approximate surface area is 467 Å². The molecule has 6 fully saturated rings. The van der Waals surface area contributed by atoms with E-state index in [0.717, 1.165) is 106 Å². The van der Waals surface area contributed by atoms with Crippen LogP contribution >= 0.6 is 11.6 Å². The fourth-order valence-corrected chi connectivity index (χ4v) is 13.6. The van der Waals surface area contributed by atoms with E-state index >= 15 is 8.78 Å². The van der Waals surface area contributed by atoms with Crippen LogP contribution in [0.2, 0.25) is 5.02 Å². The van der Waals surface area contributed by atoms with Gasteiger partial charge in [-0.1, -0.05) is 66.2 Å². The highest BCUT2D eigenvalue weighted by atomic mass is 35.5. The van der Waals surface area contributed by atoms with Crippen molar-refractivity contribution < 1.29 is 27.8 Å². The van der Waals surface area contributed by atoms with Gasteiger partial charge in [-0.25, -0.2) is 13.2 Å².